The summed E-state index contributed by atoms with van der Waals surface area (Å²) in [5.41, 5.74) is 1.84. The van der Waals surface area contributed by atoms with Crippen LogP contribution in [0.5, 0.6) is 11.8 Å². The second-order valence-corrected chi connectivity index (χ2v) is 6.43. The Labute approximate surface area is 164 Å². The van der Waals surface area contributed by atoms with Crippen LogP contribution in [0.3, 0.4) is 0 Å². The van der Waals surface area contributed by atoms with Gasteiger partial charge in [-0.1, -0.05) is 17.7 Å². The molecule has 0 spiro atoms. The van der Waals surface area contributed by atoms with Crippen LogP contribution in [0.2, 0.25) is 5.15 Å². The van der Waals surface area contributed by atoms with Crippen molar-refractivity contribution in [3.63, 3.8) is 0 Å². The van der Waals surface area contributed by atoms with Crippen molar-refractivity contribution in [3.05, 3.63) is 81.0 Å². The molecule has 8 nitrogen and oxygen atoms in total. The molecular formula is C19H13ClN6O2. The molecule has 0 aliphatic heterocycles. The van der Waals surface area contributed by atoms with Crippen LogP contribution in [-0.2, 0) is 6.54 Å². The maximum atomic E-state index is 12.3. The number of pyridine rings is 1. The van der Waals surface area contributed by atoms with Crippen molar-refractivity contribution in [2.24, 2.45) is 0 Å². The Morgan fingerprint density at radius 2 is 2.00 bits per heavy atom. The van der Waals surface area contributed by atoms with Crippen molar-refractivity contribution >= 4 is 17.4 Å². The maximum Gasteiger partial charge on any atom is 0.343 e. The first-order chi connectivity index (χ1) is 13.5. The van der Waals surface area contributed by atoms with E-state index in [-0.39, 0.29) is 11.6 Å². The third-order valence-electron chi connectivity index (χ3n) is 4.10. The SMILES string of the molecule is Cc1cc(=O)n2nc(Oc3ccc(C#N)cc3)nc2n1Cc1ccc(Cl)nc1. The second kappa shape index (κ2) is 7.13. The number of halogens is 1. The van der Waals surface area contributed by atoms with Crippen LogP contribution in [0.25, 0.3) is 5.78 Å². The maximum absolute atomic E-state index is 12.3. The summed E-state index contributed by atoms with van der Waals surface area (Å²) in [6.07, 6.45) is 1.67. The Morgan fingerprint density at radius 3 is 2.68 bits per heavy atom. The standard InChI is InChI=1S/C19H13ClN6O2/c1-12-8-17(27)26-19(25(12)11-14-4-7-16(20)22-10-14)23-18(24-26)28-15-5-2-13(9-21)3-6-15/h2-8,10H,11H2,1H3. The van der Waals surface area contributed by atoms with Gasteiger partial charge in [-0.05, 0) is 42.8 Å². The van der Waals surface area contributed by atoms with Crippen molar-refractivity contribution in [3.8, 4) is 17.8 Å². The smallest absolute Gasteiger partial charge is 0.343 e. The molecule has 3 heterocycles. The van der Waals surface area contributed by atoms with Gasteiger partial charge in [-0.15, -0.1) is 5.10 Å². The molecular weight excluding hydrogens is 380 g/mol. The molecule has 3 aromatic heterocycles. The molecule has 0 aliphatic carbocycles. The Morgan fingerprint density at radius 1 is 1.21 bits per heavy atom. The molecule has 0 bridgehead atoms. The van der Waals surface area contributed by atoms with Crippen molar-refractivity contribution in [1.29, 1.82) is 5.26 Å². The quantitative estimate of drug-likeness (QED) is 0.495. The van der Waals surface area contributed by atoms with E-state index in [1.54, 1.807) is 36.5 Å². The lowest BCUT2D eigenvalue weighted by Gasteiger charge is -2.11. The molecule has 0 radical (unpaired) electrons. The fourth-order valence-electron chi connectivity index (χ4n) is 2.71. The van der Waals surface area contributed by atoms with Crippen molar-refractivity contribution in [2.75, 3.05) is 0 Å². The minimum absolute atomic E-state index is 0.0374. The number of rotatable bonds is 4. The summed E-state index contributed by atoms with van der Waals surface area (Å²) in [4.78, 5) is 20.8. The van der Waals surface area contributed by atoms with E-state index in [0.29, 0.717) is 28.8 Å². The molecule has 0 saturated heterocycles. The summed E-state index contributed by atoms with van der Waals surface area (Å²) in [6, 6.07) is 13.7. The number of benzene rings is 1. The minimum atomic E-state index is -0.305. The number of hydrogen-bond donors (Lipinski definition) is 0. The highest BCUT2D eigenvalue weighted by molar-refractivity contribution is 6.29. The third kappa shape index (κ3) is 3.43. The zero-order valence-electron chi connectivity index (χ0n) is 14.7. The van der Waals surface area contributed by atoms with Gasteiger partial charge in [-0.3, -0.25) is 4.79 Å². The van der Waals surface area contributed by atoms with E-state index >= 15 is 0 Å². The van der Waals surface area contributed by atoms with E-state index in [0.717, 1.165) is 11.3 Å². The fraction of sp³-hybridized carbons (Fsp3) is 0.105. The molecule has 0 saturated carbocycles. The van der Waals surface area contributed by atoms with Gasteiger partial charge in [-0.25, -0.2) is 4.98 Å². The molecule has 0 unspecified atom stereocenters. The number of fused-ring (bicyclic) bond motifs is 1. The number of nitrogens with zero attached hydrogens (tertiary/aromatic N) is 6. The lowest BCUT2D eigenvalue weighted by Crippen LogP contribution is -2.20. The van der Waals surface area contributed by atoms with E-state index in [1.807, 2.05) is 23.6 Å². The molecule has 0 N–H and O–H groups in total. The lowest BCUT2D eigenvalue weighted by molar-refractivity contribution is 0.442. The summed E-state index contributed by atoms with van der Waals surface area (Å²) >= 11 is 5.84. The van der Waals surface area contributed by atoms with E-state index in [4.69, 9.17) is 21.6 Å². The predicted molar refractivity (Wildman–Crippen MR) is 102 cm³/mol. The van der Waals surface area contributed by atoms with Crippen LogP contribution in [-0.4, -0.2) is 24.1 Å². The van der Waals surface area contributed by atoms with Gasteiger partial charge in [0.2, 0.25) is 5.78 Å². The van der Waals surface area contributed by atoms with Crippen molar-refractivity contribution in [1.82, 2.24) is 24.1 Å². The lowest BCUT2D eigenvalue weighted by atomic mass is 10.2. The Hall–Kier alpha value is -3.70. The van der Waals surface area contributed by atoms with Gasteiger partial charge >= 0.3 is 6.01 Å². The van der Waals surface area contributed by atoms with Gasteiger partial charge in [-0.2, -0.15) is 14.8 Å². The summed E-state index contributed by atoms with van der Waals surface area (Å²) in [5.74, 6) is 0.816. The zero-order chi connectivity index (χ0) is 19.7. The molecule has 1 aromatic carbocycles. The molecule has 9 heteroatoms. The van der Waals surface area contributed by atoms with E-state index in [2.05, 4.69) is 15.1 Å². The van der Waals surface area contributed by atoms with Gasteiger partial charge in [0.15, 0.2) is 0 Å². The molecule has 0 atom stereocenters. The highest BCUT2D eigenvalue weighted by Gasteiger charge is 2.14. The molecule has 28 heavy (non-hydrogen) atoms. The first-order valence-corrected chi connectivity index (χ1v) is 8.67. The first kappa shape index (κ1) is 17.7. The summed E-state index contributed by atoms with van der Waals surface area (Å²) in [7, 11) is 0. The topological polar surface area (TPSA) is 98.1 Å². The highest BCUT2D eigenvalue weighted by Crippen LogP contribution is 2.19. The van der Waals surface area contributed by atoms with Crippen molar-refractivity contribution in [2.45, 2.75) is 13.5 Å². The molecule has 4 aromatic rings. The van der Waals surface area contributed by atoms with Crippen LogP contribution in [0, 0.1) is 18.3 Å². The number of ether oxygens (including phenoxy) is 1. The van der Waals surface area contributed by atoms with Gasteiger partial charge < -0.3 is 9.30 Å². The average Bonchev–Trinajstić information content (AvgIpc) is 3.11. The Bertz CT molecular complexity index is 1250. The largest absolute Gasteiger partial charge is 0.423 e. The van der Waals surface area contributed by atoms with Crippen LogP contribution in [0.4, 0.5) is 0 Å². The third-order valence-corrected chi connectivity index (χ3v) is 4.32. The summed E-state index contributed by atoms with van der Waals surface area (Å²) < 4.78 is 8.67. The average molecular weight is 393 g/mol. The number of aromatic nitrogens is 5. The number of aryl methyl sites for hydroxylation is 1. The Balaban J connectivity index is 1.73. The normalized spacial score (nSPS) is 10.8. The monoisotopic (exact) mass is 392 g/mol. The second-order valence-electron chi connectivity index (χ2n) is 6.04. The fourth-order valence-corrected chi connectivity index (χ4v) is 2.82. The van der Waals surface area contributed by atoms with Gasteiger partial charge in [0.25, 0.3) is 5.56 Å². The molecule has 0 amide bonds. The van der Waals surface area contributed by atoms with Crippen molar-refractivity contribution < 1.29 is 4.74 Å². The summed E-state index contributed by atoms with van der Waals surface area (Å²) in [6.45, 7) is 2.26. The highest BCUT2D eigenvalue weighted by atomic mass is 35.5. The van der Waals surface area contributed by atoms with Crippen LogP contribution in [0.1, 0.15) is 16.8 Å². The van der Waals surface area contributed by atoms with Gasteiger partial charge in [0.05, 0.1) is 18.2 Å². The number of nitriles is 1. The molecule has 138 valence electrons. The zero-order valence-corrected chi connectivity index (χ0v) is 15.5. The van der Waals surface area contributed by atoms with Crippen LogP contribution in [0.15, 0.2) is 53.5 Å². The minimum Gasteiger partial charge on any atom is -0.423 e. The number of hydrogen-bond acceptors (Lipinski definition) is 6. The van der Waals surface area contributed by atoms with Gasteiger partial charge in [0.1, 0.15) is 10.9 Å². The van der Waals surface area contributed by atoms with E-state index < -0.39 is 0 Å². The molecule has 0 fully saturated rings. The molecule has 0 aliphatic rings. The van der Waals surface area contributed by atoms with E-state index in [9.17, 15) is 4.79 Å². The summed E-state index contributed by atoms with van der Waals surface area (Å²) in [5, 5.41) is 13.4. The molecule has 4 rings (SSSR count). The van der Waals surface area contributed by atoms with Crippen LogP contribution >= 0.6 is 11.6 Å². The van der Waals surface area contributed by atoms with E-state index in [1.165, 1.54) is 10.6 Å². The first-order valence-electron chi connectivity index (χ1n) is 8.29. The Kier molecular flexibility index (Phi) is 4.51. The van der Waals surface area contributed by atoms with Gasteiger partial charge in [0, 0.05) is 18.0 Å². The predicted octanol–water partition coefficient (Wildman–Crippen LogP) is 2.96. The van der Waals surface area contributed by atoms with Crippen LogP contribution < -0.4 is 10.3 Å².